The van der Waals surface area contributed by atoms with E-state index in [0.29, 0.717) is 19.4 Å². The molecular formula is C79H149NO5. The molecule has 6 nitrogen and oxygen atoms in total. The van der Waals surface area contributed by atoms with E-state index in [0.717, 1.165) is 51.4 Å². The van der Waals surface area contributed by atoms with Crippen molar-refractivity contribution in [3.63, 3.8) is 0 Å². The largest absolute Gasteiger partial charge is 0.466 e. The molecule has 0 radical (unpaired) electrons. The van der Waals surface area contributed by atoms with E-state index < -0.39 is 12.1 Å². The van der Waals surface area contributed by atoms with Crippen molar-refractivity contribution in [1.29, 1.82) is 0 Å². The van der Waals surface area contributed by atoms with Gasteiger partial charge in [0, 0.05) is 12.8 Å². The second kappa shape index (κ2) is 74.3. The van der Waals surface area contributed by atoms with E-state index in [9.17, 15) is 19.8 Å². The lowest BCUT2D eigenvalue weighted by Gasteiger charge is -2.20. The molecule has 3 N–H and O–H groups in total. The van der Waals surface area contributed by atoms with Crippen molar-refractivity contribution in [1.82, 2.24) is 5.32 Å². The normalized spacial score (nSPS) is 12.8. The van der Waals surface area contributed by atoms with E-state index in [1.165, 1.54) is 340 Å². The number of ether oxygens (including phenoxy) is 1. The van der Waals surface area contributed by atoms with Gasteiger partial charge in [0.05, 0.1) is 25.4 Å². The number of aliphatic hydroxyl groups is 2. The fourth-order valence-electron chi connectivity index (χ4n) is 12.0. The maximum Gasteiger partial charge on any atom is 0.305 e. The predicted molar refractivity (Wildman–Crippen MR) is 375 cm³/mol. The summed E-state index contributed by atoms with van der Waals surface area (Å²) in [5.41, 5.74) is 0. The fourth-order valence-corrected chi connectivity index (χ4v) is 12.0. The van der Waals surface area contributed by atoms with E-state index >= 15 is 0 Å². The predicted octanol–water partition coefficient (Wildman–Crippen LogP) is 25.2. The highest BCUT2D eigenvalue weighted by molar-refractivity contribution is 5.76. The van der Waals surface area contributed by atoms with Crippen LogP contribution < -0.4 is 5.32 Å². The number of unbranched alkanes of at least 4 members (excludes halogenated alkanes) is 55. The monoisotopic (exact) mass is 1190 g/mol. The van der Waals surface area contributed by atoms with Crippen LogP contribution in [0.1, 0.15) is 418 Å². The number of hydrogen-bond donors (Lipinski definition) is 3. The molecular weight excluding hydrogens is 1040 g/mol. The Kier molecular flexibility index (Phi) is 72.4. The molecule has 0 aromatic heterocycles. The third-order valence-electron chi connectivity index (χ3n) is 17.8. The zero-order valence-corrected chi connectivity index (χ0v) is 57.4. The number of nitrogens with one attached hydrogen (secondary N) is 1. The minimum Gasteiger partial charge on any atom is -0.466 e. The van der Waals surface area contributed by atoms with Crippen molar-refractivity contribution in [2.24, 2.45) is 0 Å². The minimum atomic E-state index is -0.843. The molecule has 0 heterocycles. The molecule has 0 rings (SSSR count). The Morgan fingerprint density at radius 3 is 0.918 bits per heavy atom. The topological polar surface area (TPSA) is 95.9 Å². The molecule has 500 valence electrons. The first-order chi connectivity index (χ1) is 42.0. The molecule has 85 heavy (non-hydrogen) atoms. The molecule has 2 atom stereocenters. The van der Waals surface area contributed by atoms with Crippen molar-refractivity contribution < 1.29 is 24.5 Å². The zero-order chi connectivity index (χ0) is 61.3. The van der Waals surface area contributed by atoms with Crippen molar-refractivity contribution in [2.75, 3.05) is 13.2 Å². The summed E-state index contributed by atoms with van der Waals surface area (Å²) in [4.78, 5) is 24.6. The molecule has 1 amide bonds. The average Bonchev–Trinajstić information content (AvgIpc) is 3.50. The molecule has 0 spiro atoms. The van der Waals surface area contributed by atoms with E-state index in [2.05, 4.69) is 55.6 Å². The van der Waals surface area contributed by atoms with Crippen molar-refractivity contribution in [3.05, 3.63) is 48.6 Å². The molecule has 0 bridgehead atoms. The van der Waals surface area contributed by atoms with Crippen LogP contribution in [0.25, 0.3) is 0 Å². The van der Waals surface area contributed by atoms with Gasteiger partial charge in [-0.3, -0.25) is 9.59 Å². The lowest BCUT2D eigenvalue weighted by molar-refractivity contribution is -0.143. The number of carbonyl (C=O) groups excluding carboxylic acids is 2. The number of amides is 1. The number of aliphatic hydroxyl groups excluding tert-OH is 2. The van der Waals surface area contributed by atoms with Gasteiger partial charge in [-0.05, 0) is 89.9 Å². The van der Waals surface area contributed by atoms with Crippen molar-refractivity contribution in [3.8, 4) is 0 Å². The van der Waals surface area contributed by atoms with Gasteiger partial charge < -0.3 is 20.3 Å². The van der Waals surface area contributed by atoms with E-state index in [1.54, 1.807) is 6.08 Å². The van der Waals surface area contributed by atoms with E-state index in [4.69, 9.17) is 4.74 Å². The van der Waals surface area contributed by atoms with Crippen LogP contribution in [-0.2, 0) is 14.3 Å². The van der Waals surface area contributed by atoms with Crippen LogP contribution in [0.5, 0.6) is 0 Å². The van der Waals surface area contributed by atoms with E-state index in [1.807, 2.05) is 6.08 Å². The third-order valence-corrected chi connectivity index (χ3v) is 17.8. The summed E-state index contributed by atoms with van der Waals surface area (Å²) in [5.74, 6) is -0.0547. The maximum atomic E-state index is 12.5. The highest BCUT2D eigenvalue weighted by Gasteiger charge is 2.18. The van der Waals surface area contributed by atoms with Gasteiger partial charge in [0.2, 0.25) is 5.91 Å². The summed E-state index contributed by atoms with van der Waals surface area (Å²) in [6, 6.07) is -0.626. The van der Waals surface area contributed by atoms with Crippen LogP contribution in [0.2, 0.25) is 0 Å². The molecule has 2 unspecified atom stereocenters. The Bertz CT molecular complexity index is 1420. The average molecular weight is 1190 g/mol. The molecule has 0 saturated carbocycles. The van der Waals surface area contributed by atoms with Crippen LogP contribution in [-0.4, -0.2) is 47.4 Å². The van der Waals surface area contributed by atoms with Gasteiger partial charge in [-0.2, -0.15) is 0 Å². The first-order valence-electron chi connectivity index (χ1n) is 38.4. The zero-order valence-electron chi connectivity index (χ0n) is 57.4. The third kappa shape index (κ3) is 70.8. The lowest BCUT2D eigenvalue weighted by atomic mass is 10.0. The standard InChI is InChI=1S/C79H149NO5/c1-3-5-7-9-11-13-15-17-19-40-43-47-51-55-59-63-67-71-77(82)76(75-81)80-78(83)72-68-64-60-56-52-48-44-41-38-36-34-32-30-28-26-24-22-21-23-25-27-29-31-33-35-37-39-42-46-50-54-58-62-66-70-74-85-79(84)73-69-65-61-57-53-49-45-20-18-16-14-12-10-8-6-4-2/h14,16,20,23,25,45,67,71,76-77,81-82H,3-13,15,17-19,21-22,24,26-44,46-66,68-70,72-75H2,1-2H3,(H,80,83)/b16-14-,25-23-,45-20-,71-67+. The van der Waals surface area contributed by atoms with Gasteiger partial charge in [0.15, 0.2) is 0 Å². The van der Waals surface area contributed by atoms with Gasteiger partial charge in [0.25, 0.3) is 0 Å². The molecule has 0 aromatic rings. The first-order valence-corrected chi connectivity index (χ1v) is 38.4. The molecule has 0 saturated heterocycles. The number of hydrogen-bond acceptors (Lipinski definition) is 5. The first kappa shape index (κ1) is 82.8. The lowest BCUT2D eigenvalue weighted by Crippen LogP contribution is -2.45. The van der Waals surface area contributed by atoms with Gasteiger partial charge >= 0.3 is 5.97 Å². The van der Waals surface area contributed by atoms with Gasteiger partial charge in [-0.1, -0.05) is 364 Å². The summed E-state index contributed by atoms with van der Waals surface area (Å²) < 4.78 is 5.50. The molecule has 0 fully saturated rings. The SMILES string of the molecule is CCCCCC/C=C\C/C=C\CCCCCCCC(=O)OCCCCCCCCCCCCCCCC/C=C\CCCCCCCCCCCCCCCCCCCC(=O)NC(CO)C(O)/C=C/CCCCCCCCCCCCCCCCC. The molecule has 0 aliphatic heterocycles. The van der Waals surface area contributed by atoms with Gasteiger partial charge in [-0.15, -0.1) is 0 Å². The van der Waals surface area contributed by atoms with Crippen LogP contribution in [0.3, 0.4) is 0 Å². The Morgan fingerprint density at radius 2 is 0.588 bits per heavy atom. The Labute approximate surface area is 531 Å². The summed E-state index contributed by atoms with van der Waals surface area (Å²) >= 11 is 0. The highest BCUT2D eigenvalue weighted by Crippen LogP contribution is 2.19. The summed E-state index contributed by atoms with van der Waals surface area (Å²) in [5, 5.41) is 23.2. The van der Waals surface area contributed by atoms with Crippen LogP contribution in [0.4, 0.5) is 0 Å². The maximum absolute atomic E-state index is 12.5. The molecule has 6 heteroatoms. The number of rotatable bonds is 72. The quantitative estimate of drug-likeness (QED) is 0.0320. The van der Waals surface area contributed by atoms with Crippen LogP contribution >= 0.6 is 0 Å². The summed E-state index contributed by atoms with van der Waals surface area (Å²) in [7, 11) is 0. The second-order valence-electron chi connectivity index (χ2n) is 26.3. The fraction of sp³-hybridized carbons (Fsp3) is 0.873. The van der Waals surface area contributed by atoms with Crippen molar-refractivity contribution >= 4 is 11.9 Å². The Morgan fingerprint density at radius 1 is 0.329 bits per heavy atom. The summed E-state index contributed by atoms with van der Waals surface area (Å²) in [6.07, 6.45) is 98.0. The minimum absolute atomic E-state index is 0.00677. The second-order valence-corrected chi connectivity index (χ2v) is 26.3. The van der Waals surface area contributed by atoms with E-state index in [-0.39, 0.29) is 18.5 Å². The Hall–Kier alpha value is -2.18. The highest BCUT2D eigenvalue weighted by atomic mass is 16.5. The molecule has 0 aliphatic carbocycles. The smallest absolute Gasteiger partial charge is 0.305 e. The van der Waals surface area contributed by atoms with Crippen LogP contribution in [0, 0.1) is 0 Å². The number of esters is 1. The van der Waals surface area contributed by atoms with Gasteiger partial charge in [-0.25, -0.2) is 0 Å². The molecule has 0 aromatic carbocycles. The Balaban J connectivity index is 3.36. The summed E-state index contributed by atoms with van der Waals surface area (Å²) in [6.45, 7) is 4.92. The van der Waals surface area contributed by atoms with Crippen molar-refractivity contribution in [2.45, 2.75) is 431 Å². The number of allylic oxidation sites excluding steroid dienone is 7. The number of carbonyl (C=O) groups is 2. The van der Waals surface area contributed by atoms with Gasteiger partial charge in [0.1, 0.15) is 0 Å². The van der Waals surface area contributed by atoms with Crippen LogP contribution in [0.15, 0.2) is 48.6 Å². The molecule has 0 aliphatic rings.